The molecule has 4 rings (SSSR count). The summed E-state index contributed by atoms with van der Waals surface area (Å²) in [5, 5.41) is 19.6. The molecule has 168 valence electrons. The zero-order valence-corrected chi connectivity index (χ0v) is 17.8. The summed E-state index contributed by atoms with van der Waals surface area (Å²) in [6.07, 6.45) is 4.94. The number of hydrazone groups is 1. The van der Waals surface area contributed by atoms with E-state index in [1.54, 1.807) is 6.21 Å². The molecule has 1 amide bonds. The van der Waals surface area contributed by atoms with E-state index < -0.39 is 5.91 Å². The number of hydrogen-bond donors (Lipinski definition) is 2. The third-order valence-corrected chi connectivity index (χ3v) is 5.07. The molecule has 1 aliphatic heterocycles. The summed E-state index contributed by atoms with van der Waals surface area (Å²) in [6, 6.07) is 7.37. The Kier molecular flexibility index (Phi) is 6.70. The second kappa shape index (κ2) is 10.0. The topological polar surface area (TPSA) is 150 Å². The van der Waals surface area contributed by atoms with E-state index in [0.29, 0.717) is 18.8 Å². The molecule has 1 fully saturated rings. The van der Waals surface area contributed by atoms with E-state index in [1.807, 2.05) is 31.2 Å². The van der Waals surface area contributed by atoms with Crippen LogP contribution in [0.1, 0.15) is 47.9 Å². The Balaban J connectivity index is 1.51. The van der Waals surface area contributed by atoms with Crippen molar-refractivity contribution < 1.29 is 14.2 Å². The lowest BCUT2D eigenvalue weighted by Gasteiger charge is -2.26. The Hall–Kier alpha value is -3.80. The van der Waals surface area contributed by atoms with Crippen LogP contribution in [0.25, 0.3) is 5.82 Å². The van der Waals surface area contributed by atoms with Gasteiger partial charge < -0.3 is 10.5 Å². The first kappa shape index (κ1) is 21.4. The van der Waals surface area contributed by atoms with Crippen molar-refractivity contribution >= 4 is 17.9 Å². The van der Waals surface area contributed by atoms with E-state index in [1.165, 1.54) is 11.1 Å². The number of likely N-dealkylation sites (tertiary alicyclic amines) is 1. The predicted molar refractivity (Wildman–Crippen MR) is 115 cm³/mol. The molecule has 12 heteroatoms. The molecule has 0 atom stereocenters. The molecule has 1 aliphatic rings. The highest BCUT2D eigenvalue weighted by molar-refractivity contribution is 5.94. The van der Waals surface area contributed by atoms with Crippen LogP contribution in [0.4, 0.5) is 5.82 Å². The minimum absolute atomic E-state index is 0.0651. The number of carbonyl (C=O) groups excluding carboxylic acids is 1. The molecule has 2 aromatic heterocycles. The molecule has 0 radical (unpaired) electrons. The zero-order chi connectivity index (χ0) is 22.3. The van der Waals surface area contributed by atoms with Crippen molar-refractivity contribution in [2.45, 2.75) is 32.7 Å². The van der Waals surface area contributed by atoms with Crippen molar-refractivity contribution in [2.24, 2.45) is 5.10 Å². The molecule has 3 heterocycles. The lowest BCUT2D eigenvalue weighted by Crippen LogP contribution is -2.31. The molecular weight excluding hydrogens is 414 g/mol. The van der Waals surface area contributed by atoms with Gasteiger partial charge in [0.2, 0.25) is 11.6 Å². The van der Waals surface area contributed by atoms with E-state index in [4.69, 9.17) is 15.1 Å². The van der Waals surface area contributed by atoms with Crippen LogP contribution in [0.15, 0.2) is 34.0 Å². The molecule has 0 aliphatic carbocycles. The number of aromatic nitrogens is 5. The first-order valence-electron chi connectivity index (χ1n) is 10.5. The molecule has 1 saturated heterocycles. The monoisotopic (exact) mass is 439 g/mol. The van der Waals surface area contributed by atoms with E-state index in [9.17, 15) is 4.79 Å². The Morgan fingerprint density at radius 3 is 2.72 bits per heavy atom. The van der Waals surface area contributed by atoms with Gasteiger partial charge in [-0.3, -0.25) is 9.69 Å². The van der Waals surface area contributed by atoms with E-state index in [-0.39, 0.29) is 17.3 Å². The summed E-state index contributed by atoms with van der Waals surface area (Å²) in [4.78, 5) is 15.1. The van der Waals surface area contributed by atoms with Crippen molar-refractivity contribution in [3.05, 3.63) is 41.2 Å². The number of hydrogen-bond acceptors (Lipinski definition) is 10. The number of nitrogen functional groups attached to an aromatic ring is 1. The van der Waals surface area contributed by atoms with Gasteiger partial charge in [0.05, 0.1) is 18.5 Å². The number of nitrogens with two attached hydrogens (primary N) is 1. The summed E-state index contributed by atoms with van der Waals surface area (Å²) in [7, 11) is 0. The lowest BCUT2D eigenvalue weighted by molar-refractivity contribution is 0.0947. The van der Waals surface area contributed by atoms with Gasteiger partial charge in [0.15, 0.2) is 5.69 Å². The maximum Gasteiger partial charge on any atom is 0.293 e. The highest BCUT2D eigenvalue weighted by Crippen LogP contribution is 2.19. The average molecular weight is 439 g/mol. The average Bonchev–Trinajstić information content (AvgIpc) is 3.41. The number of piperidine rings is 1. The van der Waals surface area contributed by atoms with E-state index in [0.717, 1.165) is 37.2 Å². The smallest absolute Gasteiger partial charge is 0.293 e. The van der Waals surface area contributed by atoms with Crippen LogP contribution in [0.5, 0.6) is 5.75 Å². The van der Waals surface area contributed by atoms with E-state index in [2.05, 4.69) is 36.1 Å². The molecule has 0 bridgehead atoms. The number of nitrogens with one attached hydrogen (secondary N) is 1. The zero-order valence-electron chi connectivity index (χ0n) is 17.8. The number of rotatable bonds is 8. The second-order valence-electron chi connectivity index (χ2n) is 7.31. The second-order valence-corrected chi connectivity index (χ2v) is 7.31. The van der Waals surface area contributed by atoms with Crippen LogP contribution in [0.3, 0.4) is 0 Å². The van der Waals surface area contributed by atoms with Gasteiger partial charge in [-0.05, 0) is 73.0 Å². The van der Waals surface area contributed by atoms with Crippen LogP contribution in [0, 0.1) is 0 Å². The SMILES string of the molecule is CCOc1ccc(/C=N\NC(=O)c2nnn(-c3nonc3N)c2CN2CCCCC2)cc1. The molecule has 0 unspecified atom stereocenters. The quantitative estimate of drug-likeness (QED) is 0.392. The minimum atomic E-state index is -0.486. The van der Waals surface area contributed by atoms with Crippen LogP contribution < -0.4 is 15.9 Å². The molecule has 3 N–H and O–H groups in total. The number of ether oxygens (including phenoxy) is 1. The summed E-state index contributed by atoms with van der Waals surface area (Å²) in [5.41, 5.74) is 9.84. The van der Waals surface area contributed by atoms with Gasteiger partial charge in [0.1, 0.15) is 5.75 Å². The van der Waals surface area contributed by atoms with Gasteiger partial charge in [-0.1, -0.05) is 11.6 Å². The molecule has 3 aromatic rings. The molecule has 0 saturated carbocycles. The first-order valence-corrected chi connectivity index (χ1v) is 10.5. The van der Waals surface area contributed by atoms with Crippen LogP contribution in [-0.2, 0) is 6.54 Å². The minimum Gasteiger partial charge on any atom is -0.494 e. The van der Waals surface area contributed by atoms with Crippen molar-refractivity contribution in [1.82, 2.24) is 35.6 Å². The highest BCUT2D eigenvalue weighted by atomic mass is 16.6. The van der Waals surface area contributed by atoms with Crippen LogP contribution in [-0.4, -0.2) is 62.0 Å². The third-order valence-electron chi connectivity index (χ3n) is 5.07. The Morgan fingerprint density at radius 1 is 1.25 bits per heavy atom. The van der Waals surface area contributed by atoms with Gasteiger partial charge in [-0.25, -0.2) is 10.1 Å². The first-order chi connectivity index (χ1) is 15.7. The number of carbonyl (C=O) groups is 1. The maximum atomic E-state index is 12.8. The Labute approximate surface area is 184 Å². The van der Waals surface area contributed by atoms with Crippen molar-refractivity contribution in [3.8, 4) is 11.6 Å². The fourth-order valence-electron chi connectivity index (χ4n) is 3.49. The predicted octanol–water partition coefficient (Wildman–Crippen LogP) is 1.38. The summed E-state index contributed by atoms with van der Waals surface area (Å²) >= 11 is 0. The maximum absolute atomic E-state index is 12.8. The van der Waals surface area contributed by atoms with Gasteiger partial charge in [0, 0.05) is 6.54 Å². The summed E-state index contributed by atoms with van der Waals surface area (Å²) in [6.45, 7) is 4.84. The standard InChI is InChI=1S/C20H25N9O3/c1-2-31-15-8-6-14(7-9-15)12-22-24-20(30)17-16(13-28-10-4-3-5-11-28)29(27-23-17)19-18(21)25-32-26-19/h6-9,12H,2-5,10-11,13H2,1H3,(H2,21,25)(H,24,30)/b22-12-. The molecule has 1 aromatic carbocycles. The molecule has 32 heavy (non-hydrogen) atoms. The molecular formula is C20H25N9O3. The number of benzene rings is 1. The van der Waals surface area contributed by atoms with Gasteiger partial charge >= 0.3 is 0 Å². The van der Waals surface area contributed by atoms with Crippen molar-refractivity contribution in [1.29, 1.82) is 0 Å². The lowest BCUT2D eigenvalue weighted by atomic mass is 10.1. The number of nitrogens with zero attached hydrogens (tertiary/aromatic N) is 7. The Morgan fingerprint density at radius 2 is 2.03 bits per heavy atom. The van der Waals surface area contributed by atoms with Gasteiger partial charge in [-0.15, -0.1) is 5.10 Å². The normalized spacial score (nSPS) is 14.7. The van der Waals surface area contributed by atoms with E-state index >= 15 is 0 Å². The molecule has 12 nitrogen and oxygen atoms in total. The fourth-order valence-corrected chi connectivity index (χ4v) is 3.49. The van der Waals surface area contributed by atoms with Crippen LogP contribution >= 0.6 is 0 Å². The van der Waals surface area contributed by atoms with Crippen molar-refractivity contribution in [3.63, 3.8) is 0 Å². The largest absolute Gasteiger partial charge is 0.494 e. The molecule has 0 spiro atoms. The van der Waals surface area contributed by atoms with Gasteiger partial charge in [-0.2, -0.15) is 9.78 Å². The summed E-state index contributed by atoms with van der Waals surface area (Å²) < 4.78 is 11.5. The number of amides is 1. The van der Waals surface area contributed by atoms with Gasteiger partial charge in [0.25, 0.3) is 5.91 Å². The number of anilines is 1. The fraction of sp³-hybridized carbons (Fsp3) is 0.400. The third kappa shape index (κ3) is 4.91. The highest BCUT2D eigenvalue weighted by Gasteiger charge is 2.26. The van der Waals surface area contributed by atoms with Crippen LogP contribution in [0.2, 0.25) is 0 Å². The van der Waals surface area contributed by atoms with Crippen molar-refractivity contribution in [2.75, 3.05) is 25.4 Å². The summed E-state index contributed by atoms with van der Waals surface area (Å²) in [5.74, 6) is 0.548. The Bertz CT molecular complexity index is 1070.